The lowest BCUT2D eigenvalue weighted by atomic mass is 10.1. The number of rotatable bonds is 4. The molecule has 0 atom stereocenters. The lowest BCUT2D eigenvalue weighted by Crippen LogP contribution is -2.32. The summed E-state index contributed by atoms with van der Waals surface area (Å²) in [5.74, 6) is -0.732. The van der Waals surface area contributed by atoms with Crippen LogP contribution >= 0.6 is 11.6 Å². The van der Waals surface area contributed by atoms with Crippen LogP contribution in [0.5, 0.6) is 5.88 Å². The lowest BCUT2D eigenvalue weighted by molar-refractivity contribution is -0.137. The highest BCUT2D eigenvalue weighted by Crippen LogP contribution is 2.30. The predicted octanol–water partition coefficient (Wildman–Crippen LogP) is 3.91. The molecule has 3 rings (SSSR count). The van der Waals surface area contributed by atoms with E-state index < -0.39 is 28.9 Å². The zero-order chi connectivity index (χ0) is 22.1. The summed E-state index contributed by atoms with van der Waals surface area (Å²) in [5.41, 5.74) is -2.31. The van der Waals surface area contributed by atoms with Crippen LogP contribution in [0.1, 0.15) is 23.6 Å². The van der Waals surface area contributed by atoms with Gasteiger partial charge in [-0.3, -0.25) is 14.8 Å². The van der Waals surface area contributed by atoms with Crippen molar-refractivity contribution in [1.82, 2.24) is 9.55 Å². The van der Waals surface area contributed by atoms with Gasteiger partial charge in [-0.1, -0.05) is 29.8 Å². The summed E-state index contributed by atoms with van der Waals surface area (Å²) in [5, 5.41) is 11.0. The van der Waals surface area contributed by atoms with Gasteiger partial charge >= 0.3 is 11.9 Å². The van der Waals surface area contributed by atoms with Gasteiger partial charge < -0.3 is 5.11 Å². The van der Waals surface area contributed by atoms with Crippen molar-refractivity contribution in [3.05, 3.63) is 91.1 Å². The molecule has 1 aromatic heterocycles. The molecule has 0 saturated heterocycles. The van der Waals surface area contributed by atoms with Crippen LogP contribution in [-0.2, 0) is 12.7 Å². The summed E-state index contributed by atoms with van der Waals surface area (Å²) in [7, 11) is 0. The van der Waals surface area contributed by atoms with Crippen LogP contribution in [-0.4, -0.2) is 20.4 Å². The van der Waals surface area contributed by atoms with Crippen LogP contribution in [0.2, 0.25) is 5.02 Å². The Labute approximate surface area is 172 Å². The monoisotopic (exact) mass is 437 g/mol. The van der Waals surface area contributed by atoms with Crippen LogP contribution in [0.25, 0.3) is 5.69 Å². The van der Waals surface area contributed by atoms with Gasteiger partial charge in [-0.15, -0.1) is 0 Å². The molecule has 2 N–H and O–H groups in total. The third kappa shape index (κ3) is 4.30. The molecule has 0 spiro atoms. The first-order valence-electron chi connectivity index (χ1n) is 8.60. The van der Waals surface area contributed by atoms with Gasteiger partial charge in [0.15, 0.2) is 0 Å². The summed E-state index contributed by atoms with van der Waals surface area (Å²) in [4.78, 5) is 30.8. The van der Waals surface area contributed by atoms with Crippen LogP contribution in [0.4, 0.5) is 13.2 Å². The minimum absolute atomic E-state index is 0.0538. The molecule has 6 nitrogen and oxygen atoms in total. The van der Waals surface area contributed by atoms with Gasteiger partial charge in [-0.05, 0) is 42.8 Å². The van der Waals surface area contributed by atoms with Crippen molar-refractivity contribution >= 4 is 17.3 Å². The molecule has 0 saturated carbocycles. The fourth-order valence-corrected chi connectivity index (χ4v) is 3.00. The van der Waals surface area contributed by atoms with Crippen molar-refractivity contribution in [2.45, 2.75) is 19.6 Å². The Balaban J connectivity index is 2.05. The molecule has 30 heavy (non-hydrogen) atoms. The number of alkyl halides is 3. The van der Waals surface area contributed by atoms with Gasteiger partial charge in [0.2, 0.25) is 5.88 Å². The average molecular weight is 438 g/mol. The van der Waals surface area contributed by atoms with Crippen molar-refractivity contribution < 1.29 is 18.3 Å². The maximum Gasteiger partial charge on any atom is 0.416 e. The Morgan fingerprint density at radius 3 is 2.37 bits per heavy atom. The van der Waals surface area contributed by atoms with E-state index in [9.17, 15) is 27.9 Å². The number of aromatic amines is 1. The summed E-state index contributed by atoms with van der Waals surface area (Å²) >= 11 is 6.08. The fraction of sp³-hybridized carbons (Fsp3) is 0.150. The number of aromatic hydroxyl groups is 1. The molecule has 0 aliphatic carbocycles. The minimum Gasteiger partial charge on any atom is -0.493 e. The van der Waals surface area contributed by atoms with Crippen molar-refractivity contribution in [2.24, 2.45) is 4.99 Å². The molecule has 1 heterocycles. The predicted molar refractivity (Wildman–Crippen MR) is 107 cm³/mol. The van der Waals surface area contributed by atoms with Crippen molar-refractivity contribution in [1.29, 1.82) is 0 Å². The molecule has 156 valence electrons. The number of nitrogens with one attached hydrogen (secondary N) is 1. The lowest BCUT2D eigenvalue weighted by Gasteiger charge is -2.13. The SMILES string of the molecule is CC(=NCc1ccccc1Cl)c1c(O)n(-c2ccc(C(F)(F)F)cc2)c(=O)[nH]c1=O. The Kier molecular flexibility index (Phi) is 5.84. The van der Waals surface area contributed by atoms with E-state index in [-0.39, 0.29) is 23.5 Å². The second-order valence-corrected chi connectivity index (χ2v) is 6.74. The van der Waals surface area contributed by atoms with Crippen LogP contribution in [0.3, 0.4) is 0 Å². The largest absolute Gasteiger partial charge is 0.493 e. The summed E-state index contributed by atoms with van der Waals surface area (Å²) in [6, 6.07) is 10.5. The number of aromatic nitrogens is 2. The van der Waals surface area contributed by atoms with E-state index in [0.717, 1.165) is 24.3 Å². The molecule has 0 radical (unpaired) electrons. The van der Waals surface area contributed by atoms with Gasteiger partial charge in [0.25, 0.3) is 5.56 Å². The maximum atomic E-state index is 12.8. The Morgan fingerprint density at radius 2 is 1.77 bits per heavy atom. The summed E-state index contributed by atoms with van der Waals surface area (Å²) in [6.45, 7) is 1.58. The van der Waals surface area contributed by atoms with Gasteiger partial charge in [-0.25, -0.2) is 9.36 Å². The summed E-state index contributed by atoms with van der Waals surface area (Å²) < 4.78 is 39.0. The number of halogens is 4. The van der Waals surface area contributed by atoms with Crippen molar-refractivity contribution in [2.75, 3.05) is 0 Å². The first-order chi connectivity index (χ1) is 14.1. The second kappa shape index (κ2) is 8.19. The number of nitrogens with zero attached hydrogens (tertiary/aromatic N) is 2. The zero-order valence-electron chi connectivity index (χ0n) is 15.5. The van der Waals surface area contributed by atoms with Crippen molar-refractivity contribution in [3.63, 3.8) is 0 Å². The molecular weight excluding hydrogens is 423 g/mol. The van der Waals surface area contributed by atoms with Crippen molar-refractivity contribution in [3.8, 4) is 11.6 Å². The number of hydrogen-bond donors (Lipinski definition) is 2. The third-order valence-electron chi connectivity index (χ3n) is 4.35. The van der Waals surface area contributed by atoms with E-state index >= 15 is 0 Å². The molecule has 0 aliphatic rings. The first kappa shape index (κ1) is 21.4. The van der Waals surface area contributed by atoms with E-state index in [0.29, 0.717) is 15.2 Å². The Bertz CT molecular complexity index is 1230. The van der Waals surface area contributed by atoms with Gasteiger partial charge in [0.1, 0.15) is 5.56 Å². The highest BCUT2D eigenvalue weighted by Gasteiger charge is 2.30. The molecule has 3 aromatic rings. The van der Waals surface area contributed by atoms with E-state index in [2.05, 4.69) is 4.99 Å². The first-order valence-corrected chi connectivity index (χ1v) is 8.98. The minimum atomic E-state index is -4.55. The smallest absolute Gasteiger partial charge is 0.416 e. The topological polar surface area (TPSA) is 87.4 Å². The molecule has 0 aliphatic heterocycles. The van der Waals surface area contributed by atoms with Gasteiger partial charge in [0, 0.05) is 5.02 Å². The number of H-pyrrole nitrogens is 1. The van der Waals surface area contributed by atoms with E-state index in [1.165, 1.54) is 6.92 Å². The zero-order valence-corrected chi connectivity index (χ0v) is 16.3. The Hall–Kier alpha value is -3.33. The molecule has 0 amide bonds. The number of aliphatic imine (C=N–C) groups is 1. The molecule has 0 bridgehead atoms. The highest BCUT2D eigenvalue weighted by molar-refractivity contribution is 6.31. The Morgan fingerprint density at radius 1 is 1.13 bits per heavy atom. The quantitative estimate of drug-likeness (QED) is 0.606. The third-order valence-corrected chi connectivity index (χ3v) is 4.71. The highest BCUT2D eigenvalue weighted by atomic mass is 35.5. The van der Waals surface area contributed by atoms with Crippen LogP contribution in [0, 0.1) is 0 Å². The van der Waals surface area contributed by atoms with E-state index in [1.54, 1.807) is 24.3 Å². The average Bonchev–Trinajstić information content (AvgIpc) is 2.66. The molecular formula is C20H15ClF3N3O3. The maximum absolute atomic E-state index is 12.8. The summed E-state index contributed by atoms with van der Waals surface area (Å²) in [6.07, 6.45) is -4.55. The van der Waals surface area contributed by atoms with Gasteiger partial charge in [0.05, 0.1) is 23.5 Å². The normalized spacial score (nSPS) is 12.2. The van der Waals surface area contributed by atoms with Crippen LogP contribution in [0.15, 0.2) is 63.1 Å². The number of hydrogen-bond acceptors (Lipinski definition) is 4. The van der Waals surface area contributed by atoms with E-state index in [4.69, 9.17) is 11.6 Å². The molecule has 2 aromatic carbocycles. The molecule has 0 unspecified atom stereocenters. The fourth-order valence-electron chi connectivity index (χ4n) is 2.80. The van der Waals surface area contributed by atoms with E-state index in [1.807, 2.05) is 4.98 Å². The van der Waals surface area contributed by atoms with Gasteiger partial charge in [-0.2, -0.15) is 13.2 Å². The molecule has 10 heteroatoms. The molecule has 0 fully saturated rings. The number of benzene rings is 2. The standard InChI is InChI=1S/C20H15ClF3N3O3/c1-11(25-10-12-4-2-3-5-15(12)21)16-17(28)26-19(30)27(18(16)29)14-8-6-13(7-9-14)20(22,23)24/h2-9,29H,10H2,1H3,(H,26,28,30). The van der Waals surface area contributed by atoms with Crippen LogP contribution < -0.4 is 11.2 Å². The second-order valence-electron chi connectivity index (χ2n) is 6.33.